The predicted molar refractivity (Wildman–Crippen MR) is 116 cm³/mol. The Bertz CT molecular complexity index is 833. The van der Waals surface area contributed by atoms with Crippen molar-refractivity contribution in [3.05, 3.63) is 60.2 Å². The second-order valence-electron chi connectivity index (χ2n) is 7.07. The van der Waals surface area contributed by atoms with Crippen LogP contribution in [0, 0.1) is 5.92 Å². The minimum Gasteiger partial charge on any atom is -0.332 e. The Kier molecular flexibility index (Phi) is 7.14. The predicted octanol–water partition coefficient (Wildman–Crippen LogP) is 4.26. The van der Waals surface area contributed by atoms with E-state index in [-0.39, 0.29) is 29.3 Å². The van der Waals surface area contributed by atoms with E-state index in [0.717, 1.165) is 36.9 Å². The Hall–Kier alpha value is -2.73. The number of carbonyl (C=O) groups is 2. The molecule has 1 fully saturated rings. The summed E-state index contributed by atoms with van der Waals surface area (Å²) in [7, 11) is 0. The van der Waals surface area contributed by atoms with Crippen molar-refractivity contribution in [1.82, 2.24) is 5.32 Å². The molecule has 0 aromatic heterocycles. The molecule has 146 valence electrons. The molecule has 3 N–H and O–H groups in total. The molecule has 0 bridgehead atoms. The van der Waals surface area contributed by atoms with Crippen LogP contribution in [0.5, 0.6) is 0 Å². The van der Waals surface area contributed by atoms with E-state index >= 15 is 0 Å². The third-order valence-electron chi connectivity index (χ3n) is 4.82. The van der Waals surface area contributed by atoms with Crippen LogP contribution in [-0.4, -0.2) is 16.9 Å². The molecule has 0 spiro atoms. The highest BCUT2D eigenvalue weighted by atomic mass is 32.1. The topological polar surface area (TPSA) is 70.2 Å². The number of nitrogens with one attached hydrogen (secondary N) is 3. The van der Waals surface area contributed by atoms with Gasteiger partial charge in [0.15, 0.2) is 5.11 Å². The van der Waals surface area contributed by atoms with E-state index in [1.807, 2.05) is 54.6 Å². The van der Waals surface area contributed by atoms with Crippen molar-refractivity contribution < 1.29 is 9.59 Å². The van der Waals surface area contributed by atoms with Crippen LogP contribution in [0.4, 0.5) is 11.4 Å². The number of anilines is 2. The molecular weight excluding hydrogens is 370 g/mol. The largest absolute Gasteiger partial charge is 0.332 e. The maximum absolute atomic E-state index is 12.4. The van der Waals surface area contributed by atoms with Crippen LogP contribution >= 0.6 is 12.2 Å². The van der Waals surface area contributed by atoms with E-state index in [9.17, 15) is 9.59 Å². The van der Waals surface area contributed by atoms with Crippen LogP contribution in [-0.2, 0) is 16.0 Å². The van der Waals surface area contributed by atoms with Crippen LogP contribution in [0.25, 0.3) is 0 Å². The molecule has 0 heterocycles. The standard InChI is InChI=1S/C22H25N3O2S/c26-20(14-16-8-3-1-4-9-16)25-22(28)24-19-13-7-12-18(15-19)23-21(27)17-10-5-2-6-11-17/h1,3-4,7-9,12-13,15,17H,2,5-6,10-11,14H2,(H,23,27)(H2,24,25,26,28). The lowest BCUT2D eigenvalue weighted by molar-refractivity contribution is -0.121. The minimum atomic E-state index is -0.176. The highest BCUT2D eigenvalue weighted by Gasteiger charge is 2.21. The molecule has 0 aliphatic heterocycles. The summed E-state index contributed by atoms with van der Waals surface area (Å²) in [4.78, 5) is 24.5. The van der Waals surface area contributed by atoms with E-state index in [4.69, 9.17) is 12.2 Å². The van der Waals surface area contributed by atoms with E-state index in [0.29, 0.717) is 5.69 Å². The van der Waals surface area contributed by atoms with Gasteiger partial charge in [-0.25, -0.2) is 0 Å². The molecule has 1 saturated carbocycles. The fourth-order valence-electron chi connectivity index (χ4n) is 3.40. The summed E-state index contributed by atoms with van der Waals surface area (Å²) in [6.45, 7) is 0. The van der Waals surface area contributed by atoms with Crippen LogP contribution < -0.4 is 16.0 Å². The smallest absolute Gasteiger partial charge is 0.230 e. The third-order valence-corrected chi connectivity index (χ3v) is 5.03. The van der Waals surface area contributed by atoms with Crippen molar-refractivity contribution in [2.45, 2.75) is 38.5 Å². The molecule has 3 rings (SSSR count). The Morgan fingerprint density at radius 1 is 0.893 bits per heavy atom. The summed E-state index contributed by atoms with van der Waals surface area (Å²) in [5.74, 6) is 0.00441. The van der Waals surface area contributed by atoms with Gasteiger partial charge in [-0.3, -0.25) is 9.59 Å². The molecule has 2 aromatic carbocycles. The van der Waals surface area contributed by atoms with Crippen LogP contribution in [0.15, 0.2) is 54.6 Å². The number of carbonyl (C=O) groups excluding carboxylic acids is 2. The summed E-state index contributed by atoms with van der Waals surface area (Å²) < 4.78 is 0. The first-order valence-corrected chi connectivity index (χ1v) is 10.1. The molecule has 2 amide bonds. The second kappa shape index (κ2) is 9.99. The van der Waals surface area contributed by atoms with Crippen molar-refractivity contribution >= 4 is 40.5 Å². The summed E-state index contributed by atoms with van der Waals surface area (Å²) in [6, 6.07) is 16.8. The Morgan fingerprint density at radius 3 is 2.29 bits per heavy atom. The van der Waals surface area contributed by atoms with Gasteiger partial charge >= 0.3 is 0 Å². The highest BCUT2D eigenvalue weighted by Crippen LogP contribution is 2.25. The molecule has 1 aliphatic carbocycles. The SMILES string of the molecule is O=C(Cc1ccccc1)NC(=S)Nc1cccc(NC(=O)C2CCCCC2)c1. The van der Waals surface area contributed by atoms with Crippen LogP contribution in [0.1, 0.15) is 37.7 Å². The van der Waals surface area contributed by atoms with Crippen molar-refractivity contribution in [2.24, 2.45) is 5.92 Å². The van der Waals surface area contributed by atoms with E-state index < -0.39 is 0 Å². The van der Waals surface area contributed by atoms with Gasteiger partial charge in [-0.2, -0.15) is 0 Å². The van der Waals surface area contributed by atoms with Crippen LogP contribution in [0.3, 0.4) is 0 Å². The van der Waals surface area contributed by atoms with Crippen molar-refractivity contribution in [3.8, 4) is 0 Å². The van der Waals surface area contributed by atoms with Crippen molar-refractivity contribution in [1.29, 1.82) is 0 Å². The average molecular weight is 396 g/mol. The van der Waals surface area contributed by atoms with Gasteiger partial charge in [-0.1, -0.05) is 55.7 Å². The van der Waals surface area contributed by atoms with Gasteiger partial charge in [0.1, 0.15) is 0 Å². The second-order valence-corrected chi connectivity index (χ2v) is 7.48. The maximum atomic E-state index is 12.4. The molecular formula is C22H25N3O2S. The normalized spacial score (nSPS) is 14.1. The number of amides is 2. The zero-order valence-electron chi connectivity index (χ0n) is 15.7. The van der Waals surface area contributed by atoms with Gasteiger partial charge < -0.3 is 16.0 Å². The zero-order chi connectivity index (χ0) is 19.8. The number of benzene rings is 2. The third kappa shape index (κ3) is 6.16. The van der Waals surface area contributed by atoms with E-state index in [2.05, 4.69) is 16.0 Å². The molecule has 6 heteroatoms. The summed E-state index contributed by atoms with van der Waals surface area (Å²) >= 11 is 5.23. The first-order chi connectivity index (χ1) is 13.6. The Labute approximate surface area is 170 Å². The van der Waals surface area contributed by atoms with Gasteiger partial charge in [-0.05, 0) is 48.8 Å². The van der Waals surface area contributed by atoms with Gasteiger partial charge in [0.2, 0.25) is 11.8 Å². The number of thiocarbonyl (C=S) groups is 1. The Morgan fingerprint density at radius 2 is 1.57 bits per heavy atom. The first kappa shape index (κ1) is 20.0. The molecule has 28 heavy (non-hydrogen) atoms. The monoisotopic (exact) mass is 395 g/mol. The molecule has 0 radical (unpaired) electrons. The zero-order valence-corrected chi connectivity index (χ0v) is 16.6. The van der Waals surface area contributed by atoms with E-state index in [1.54, 1.807) is 0 Å². The molecule has 0 saturated heterocycles. The fraction of sp³-hybridized carbons (Fsp3) is 0.318. The van der Waals surface area contributed by atoms with Gasteiger partial charge in [0, 0.05) is 17.3 Å². The van der Waals surface area contributed by atoms with Crippen LogP contribution in [0.2, 0.25) is 0 Å². The Balaban J connectivity index is 1.51. The fourth-order valence-corrected chi connectivity index (χ4v) is 3.63. The quantitative estimate of drug-likeness (QED) is 0.662. The molecule has 0 atom stereocenters. The lowest BCUT2D eigenvalue weighted by Crippen LogP contribution is -2.35. The van der Waals surface area contributed by atoms with Crippen molar-refractivity contribution in [3.63, 3.8) is 0 Å². The summed E-state index contributed by atoms with van der Waals surface area (Å²) in [6.07, 6.45) is 5.65. The number of hydrogen-bond donors (Lipinski definition) is 3. The first-order valence-electron chi connectivity index (χ1n) is 9.66. The lowest BCUT2D eigenvalue weighted by Gasteiger charge is -2.21. The van der Waals surface area contributed by atoms with Gasteiger partial charge in [-0.15, -0.1) is 0 Å². The molecule has 5 nitrogen and oxygen atoms in total. The number of hydrogen-bond acceptors (Lipinski definition) is 3. The van der Waals surface area contributed by atoms with Gasteiger partial charge in [0.25, 0.3) is 0 Å². The molecule has 1 aliphatic rings. The molecule has 2 aromatic rings. The van der Waals surface area contributed by atoms with Crippen molar-refractivity contribution in [2.75, 3.05) is 10.6 Å². The van der Waals surface area contributed by atoms with Gasteiger partial charge in [0.05, 0.1) is 6.42 Å². The molecule has 0 unspecified atom stereocenters. The average Bonchev–Trinajstić information content (AvgIpc) is 2.69. The number of rotatable bonds is 5. The highest BCUT2D eigenvalue weighted by molar-refractivity contribution is 7.80. The lowest BCUT2D eigenvalue weighted by atomic mass is 9.88. The van der Waals surface area contributed by atoms with E-state index in [1.165, 1.54) is 6.42 Å². The summed E-state index contributed by atoms with van der Waals surface area (Å²) in [5.41, 5.74) is 2.36. The summed E-state index contributed by atoms with van der Waals surface area (Å²) in [5, 5.41) is 8.91. The maximum Gasteiger partial charge on any atom is 0.230 e. The minimum absolute atomic E-state index is 0.0793.